The summed E-state index contributed by atoms with van der Waals surface area (Å²) < 4.78 is 22.2. The summed E-state index contributed by atoms with van der Waals surface area (Å²) in [5.41, 5.74) is 0. The van der Waals surface area contributed by atoms with Crippen molar-refractivity contribution in [1.82, 2.24) is 0 Å². The van der Waals surface area contributed by atoms with E-state index in [-0.39, 0.29) is 12.0 Å². The zero-order chi connectivity index (χ0) is 25.6. The lowest BCUT2D eigenvalue weighted by molar-refractivity contribution is 0.0381. The Morgan fingerprint density at radius 3 is 1.83 bits per heavy atom. The minimum absolute atomic E-state index is 0.0873. The van der Waals surface area contributed by atoms with Gasteiger partial charge in [0, 0.05) is 25.0 Å². The van der Waals surface area contributed by atoms with Gasteiger partial charge in [-0.3, -0.25) is 4.57 Å². The van der Waals surface area contributed by atoms with Crippen molar-refractivity contribution in [2.45, 2.75) is 129 Å². The standard InChI is InChI=1S/C29H54O5P/c1-3-4-5-6-7-8-9-10-11-12-13-14-15-16-17-20-24-34-27(2)29-22-19-18-21-28(29)23-25-33-26-35(30,31)32/h18-19,21-22,27,29H,3-17,20,23-26H2,1-2H3,(H2,30,31,32). The smallest absolute Gasteiger partial charge is 0.350 e. The Kier molecular flexibility index (Phi) is 20.1. The molecule has 2 N–H and O–H groups in total. The fourth-order valence-electron chi connectivity index (χ4n) is 4.70. The third kappa shape index (κ3) is 19.3. The molecule has 2 atom stereocenters. The van der Waals surface area contributed by atoms with Crippen LogP contribution in [0.1, 0.15) is 123 Å². The molecule has 0 fully saturated rings. The van der Waals surface area contributed by atoms with E-state index >= 15 is 0 Å². The first-order valence-electron chi connectivity index (χ1n) is 14.4. The molecule has 0 heterocycles. The van der Waals surface area contributed by atoms with Crippen LogP contribution in [0, 0.1) is 11.8 Å². The fourth-order valence-corrected chi connectivity index (χ4v) is 5.07. The second-order valence-electron chi connectivity index (χ2n) is 10.2. The maximum atomic E-state index is 10.9. The number of allylic oxidation sites excluding steroid dienone is 3. The molecule has 205 valence electrons. The van der Waals surface area contributed by atoms with Crippen molar-refractivity contribution in [3.63, 3.8) is 0 Å². The first-order valence-corrected chi connectivity index (χ1v) is 16.2. The van der Waals surface area contributed by atoms with Gasteiger partial charge in [-0.1, -0.05) is 128 Å². The van der Waals surface area contributed by atoms with E-state index in [1.807, 2.05) is 12.2 Å². The molecular weight excluding hydrogens is 459 g/mol. The van der Waals surface area contributed by atoms with Gasteiger partial charge in [-0.15, -0.1) is 0 Å². The lowest BCUT2D eigenvalue weighted by atomic mass is 9.83. The van der Waals surface area contributed by atoms with Gasteiger partial charge >= 0.3 is 7.60 Å². The van der Waals surface area contributed by atoms with Gasteiger partial charge in [-0.05, 0) is 19.8 Å². The van der Waals surface area contributed by atoms with E-state index in [2.05, 4.69) is 26.0 Å². The number of unbranched alkanes of at least 4 members (excludes halogenated alkanes) is 15. The summed E-state index contributed by atoms with van der Waals surface area (Å²) in [6, 6.07) is 0. The molecule has 2 unspecified atom stereocenters. The summed E-state index contributed by atoms with van der Waals surface area (Å²) in [5, 5.41) is 0. The van der Waals surface area contributed by atoms with E-state index in [1.54, 1.807) is 0 Å². The van der Waals surface area contributed by atoms with Crippen molar-refractivity contribution in [2.24, 2.45) is 5.92 Å². The third-order valence-electron chi connectivity index (χ3n) is 6.85. The van der Waals surface area contributed by atoms with Crippen LogP contribution in [0.2, 0.25) is 0 Å². The van der Waals surface area contributed by atoms with Gasteiger partial charge in [-0.25, -0.2) is 0 Å². The summed E-state index contributed by atoms with van der Waals surface area (Å²) in [5.74, 6) is 1.39. The molecule has 35 heavy (non-hydrogen) atoms. The Balaban J connectivity index is 1.95. The van der Waals surface area contributed by atoms with Crippen LogP contribution in [-0.2, 0) is 14.0 Å². The Bertz CT molecular complexity index is 586. The molecule has 0 spiro atoms. The van der Waals surface area contributed by atoms with E-state index in [0.29, 0.717) is 13.0 Å². The van der Waals surface area contributed by atoms with Crippen molar-refractivity contribution in [3.8, 4) is 0 Å². The third-order valence-corrected chi connectivity index (χ3v) is 7.37. The highest BCUT2D eigenvalue weighted by Crippen LogP contribution is 2.35. The Hall–Kier alpha value is -0.450. The molecule has 0 amide bonds. The van der Waals surface area contributed by atoms with Crippen molar-refractivity contribution in [3.05, 3.63) is 30.2 Å². The maximum Gasteiger partial charge on any atom is 0.350 e. The van der Waals surface area contributed by atoms with E-state index in [4.69, 9.17) is 19.3 Å². The summed E-state index contributed by atoms with van der Waals surface area (Å²) >= 11 is 0. The average Bonchev–Trinajstić information content (AvgIpc) is 2.83. The van der Waals surface area contributed by atoms with Crippen LogP contribution < -0.4 is 0 Å². The van der Waals surface area contributed by atoms with Gasteiger partial charge in [0.15, 0.2) is 0 Å². The van der Waals surface area contributed by atoms with Crippen LogP contribution >= 0.6 is 7.60 Å². The molecule has 1 aliphatic carbocycles. The predicted octanol–water partition coefficient (Wildman–Crippen LogP) is 8.51. The molecule has 5 nitrogen and oxygen atoms in total. The van der Waals surface area contributed by atoms with Gasteiger partial charge in [0.25, 0.3) is 0 Å². The molecule has 6 heteroatoms. The van der Waals surface area contributed by atoms with E-state index in [1.165, 1.54) is 102 Å². The first-order chi connectivity index (χ1) is 16.9. The SMILES string of the molecule is CCCCCCCCCCCCCCCCCCOC(C)C1C=CC=C[C]1CCOCP(=O)(O)O. The van der Waals surface area contributed by atoms with Crippen LogP contribution in [-0.4, -0.2) is 35.5 Å². The second-order valence-corrected chi connectivity index (χ2v) is 11.8. The summed E-state index contributed by atoms with van der Waals surface area (Å²) in [7, 11) is -4.10. The van der Waals surface area contributed by atoms with Crippen LogP contribution in [0.25, 0.3) is 0 Å². The van der Waals surface area contributed by atoms with Gasteiger partial charge in [-0.2, -0.15) is 0 Å². The van der Waals surface area contributed by atoms with Crippen LogP contribution in [0.4, 0.5) is 0 Å². The molecule has 1 rings (SSSR count). The summed E-state index contributed by atoms with van der Waals surface area (Å²) in [6.07, 6.45) is 30.4. The minimum Gasteiger partial charge on any atom is -0.378 e. The van der Waals surface area contributed by atoms with Gasteiger partial charge in [0.05, 0.1) is 6.10 Å². The molecule has 0 aromatic rings. The van der Waals surface area contributed by atoms with E-state index in [0.717, 1.165) is 13.0 Å². The lowest BCUT2D eigenvalue weighted by Gasteiger charge is -2.29. The average molecular weight is 514 g/mol. The Labute approximate surface area is 216 Å². The van der Waals surface area contributed by atoms with Crippen LogP contribution in [0.3, 0.4) is 0 Å². The van der Waals surface area contributed by atoms with E-state index in [9.17, 15) is 4.57 Å². The number of ether oxygens (including phenoxy) is 2. The summed E-state index contributed by atoms with van der Waals surface area (Å²) in [6.45, 7) is 5.48. The highest BCUT2D eigenvalue weighted by Gasteiger charge is 2.25. The van der Waals surface area contributed by atoms with Crippen molar-refractivity contribution >= 4 is 7.60 Å². The highest BCUT2D eigenvalue weighted by atomic mass is 31.2. The summed E-state index contributed by atoms with van der Waals surface area (Å²) in [4.78, 5) is 17.8. The molecule has 0 aliphatic heterocycles. The van der Waals surface area contributed by atoms with E-state index < -0.39 is 13.9 Å². The monoisotopic (exact) mass is 513 g/mol. The van der Waals surface area contributed by atoms with Crippen LogP contribution in [0.15, 0.2) is 24.3 Å². The normalized spacial score (nSPS) is 17.3. The molecule has 0 saturated heterocycles. The predicted molar refractivity (Wildman–Crippen MR) is 147 cm³/mol. The zero-order valence-corrected chi connectivity index (χ0v) is 23.6. The number of hydrogen-bond donors (Lipinski definition) is 2. The fraction of sp³-hybridized carbons (Fsp3) is 0.828. The van der Waals surface area contributed by atoms with Crippen molar-refractivity contribution in [2.75, 3.05) is 19.6 Å². The van der Waals surface area contributed by atoms with Gasteiger partial charge in [0.1, 0.15) is 6.35 Å². The molecule has 1 radical (unpaired) electrons. The van der Waals surface area contributed by atoms with Crippen molar-refractivity contribution in [1.29, 1.82) is 0 Å². The second kappa shape index (κ2) is 21.6. The zero-order valence-electron chi connectivity index (χ0n) is 22.7. The highest BCUT2D eigenvalue weighted by molar-refractivity contribution is 7.51. The lowest BCUT2D eigenvalue weighted by Crippen LogP contribution is -2.26. The molecular formula is C29H54O5P. The number of rotatable bonds is 24. The maximum absolute atomic E-state index is 10.9. The Morgan fingerprint density at radius 2 is 1.31 bits per heavy atom. The first kappa shape index (κ1) is 32.6. The Morgan fingerprint density at radius 1 is 0.800 bits per heavy atom. The largest absolute Gasteiger partial charge is 0.378 e. The minimum atomic E-state index is -4.10. The number of hydrogen-bond acceptors (Lipinski definition) is 3. The van der Waals surface area contributed by atoms with Gasteiger partial charge in [0.2, 0.25) is 0 Å². The quantitative estimate of drug-likeness (QED) is 0.0999. The van der Waals surface area contributed by atoms with Gasteiger partial charge < -0.3 is 19.3 Å². The molecule has 0 bridgehead atoms. The molecule has 0 aromatic heterocycles. The molecule has 0 aromatic carbocycles. The van der Waals surface area contributed by atoms with Crippen LogP contribution in [0.5, 0.6) is 0 Å². The topological polar surface area (TPSA) is 76.0 Å². The molecule has 0 saturated carbocycles. The molecule has 1 aliphatic rings. The van der Waals surface area contributed by atoms with Crippen molar-refractivity contribution < 1.29 is 23.8 Å².